The number of hydrogen-bond donors (Lipinski definition) is 0. The summed E-state index contributed by atoms with van der Waals surface area (Å²) in [6.07, 6.45) is 1.93. The molecule has 1 amide bonds. The number of rotatable bonds is 5. The summed E-state index contributed by atoms with van der Waals surface area (Å²) >= 11 is 0. The van der Waals surface area contributed by atoms with Crippen LogP contribution >= 0.6 is 0 Å². The molecule has 3 rings (SSSR count). The van der Waals surface area contributed by atoms with Gasteiger partial charge in [0, 0.05) is 39.3 Å². The summed E-state index contributed by atoms with van der Waals surface area (Å²) in [6, 6.07) is 0. The molecule has 1 fully saturated rings. The molecule has 0 spiro atoms. The number of carbonyl (C=O) groups is 1. The predicted octanol–water partition coefficient (Wildman–Crippen LogP) is 3.35. The maximum atomic E-state index is 12.4. The second kappa shape index (κ2) is 9.13. The Morgan fingerprint density at radius 1 is 1.38 bits per heavy atom. The van der Waals surface area contributed by atoms with Crippen LogP contribution in [0.5, 0.6) is 0 Å². The molecule has 1 atom stereocenters. The molecule has 0 aromatic carbocycles. The maximum absolute atomic E-state index is 12.4. The highest BCUT2D eigenvalue weighted by Gasteiger charge is 2.33. The van der Waals surface area contributed by atoms with Crippen molar-refractivity contribution >= 4 is 24.5 Å². The molecule has 2 aromatic rings. The summed E-state index contributed by atoms with van der Waals surface area (Å²) in [7, 11) is 3.53. The van der Waals surface area contributed by atoms with Gasteiger partial charge in [0.25, 0.3) is 0 Å². The SMILES string of the molecule is C=Nc1c(C(=NC)O[C@H]2CCN(C(=O)OC(C)(C)C)C2)nc(-c2cnn(CC)c2C)n1C. The lowest BCUT2D eigenvalue weighted by Gasteiger charge is -2.24. The fourth-order valence-corrected chi connectivity index (χ4v) is 3.73. The van der Waals surface area contributed by atoms with Gasteiger partial charge in [-0.05, 0) is 41.3 Å². The molecule has 0 aliphatic carbocycles. The summed E-state index contributed by atoms with van der Waals surface area (Å²) in [5.41, 5.74) is 1.91. The van der Waals surface area contributed by atoms with Crippen molar-refractivity contribution in [3.05, 3.63) is 17.6 Å². The van der Waals surface area contributed by atoms with Gasteiger partial charge >= 0.3 is 6.09 Å². The van der Waals surface area contributed by atoms with Gasteiger partial charge in [-0.2, -0.15) is 5.10 Å². The summed E-state index contributed by atoms with van der Waals surface area (Å²) in [6.45, 7) is 15.1. The molecule has 10 heteroatoms. The van der Waals surface area contributed by atoms with E-state index in [0.717, 1.165) is 17.8 Å². The van der Waals surface area contributed by atoms with Crippen LogP contribution in [0.4, 0.5) is 10.6 Å². The van der Waals surface area contributed by atoms with E-state index < -0.39 is 5.60 Å². The molecule has 1 aliphatic heterocycles. The Labute approximate surface area is 189 Å². The summed E-state index contributed by atoms with van der Waals surface area (Å²) < 4.78 is 15.4. The van der Waals surface area contributed by atoms with Gasteiger partial charge in [0.05, 0.1) is 18.3 Å². The molecular weight excluding hydrogens is 410 g/mol. The smallest absolute Gasteiger partial charge is 0.410 e. The van der Waals surface area contributed by atoms with Crippen molar-refractivity contribution in [3.8, 4) is 11.4 Å². The van der Waals surface area contributed by atoms with E-state index in [1.807, 2.05) is 50.9 Å². The van der Waals surface area contributed by atoms with Gasteiger partial charge in [0.15, 0.2) is 11.5 Å². The van der Waals surface area contributed by atoms with Crippen molar-refractivity contribution < 1.29 is 14.3 Å². The van der Waals surface area contributed by atoms with Crippen LogP contribution in [0.3, 0.4) is 0 Å². The van der Waals surface area contributed by atoms with Crippen LogP contribution in [0, 0.1) is 6.92 Å². The topological polar surface area (TPSA) is 99.1 Å². The molecule has 10 nitrogen and oxygen atoms in total. The number of nitrogens with zero attached hydrogens (tertiary/aromatic N) is 7. The fraction of sp³-hybridized carbons (Fsp3) is 0.591. The number of aryl methyl sites for hydroxylation is 1. The van der Waals surface area contributed by atoms with Gasteiger partial charge in [0.1, 0.15) is 17.5 Å². The first kappa shape index (κ1) is 23.5. The largest absolute Gasteiger partial charge is 0.471 e. The Morgan fingerprint density at radius 3 is 2.66 bits per heavy atom. The Hall–Kier alpha value is -3.17. The minimum Gasteiger partial charge on any atom is -0.471 e. The molecule has 0 unspecified atom stereocenters. The predicted molar refractivity (Wildman–Crippen MR) is 124 cm³/mol. The fourth-order valence-electron chi connectivity index (χ4n) is 3.73. The molecule has 0 bridgehead atoms. The van der Waals surface area contributed by atoms with E-state index in [1.165, 1.54) is 0 Å². The van der Waals surface area contributed by atoms with Crippen LogP contribution in [-0.2, 0) is 23.1 Å². The van der Waals surface area contributed by atoms with E-state index in [4.69, 9.17) is 14.5 Å². The Morgan fingerprint density at radius 2 is 2.09 bits per heavy atom. The second-order valence-electron chi connectivity index (χ2n) is 8.77. The highest BCUT2D eigenvalue weighted by molar-refractivity contribution is 5.97. The lowest BCUT2D eigenvalue weighted by molar-refractivity contribution is 0.0273. The normalized spacial score (nSPS) is 17.0. The van der Waals surface area contributed by atoms with E-state index in [-0.39, 0.29) is 12.2 Å². The van der Waals surface area contributed by atoms with Gasteiger partial charge in [-0.3, -0.25) is 9.67 Å². The molecule has 174 valence electrons. The Balaban J connectivity index is 1.82. The lowest BCUT2D eigenvalue weighted by atomic mass is 10.2. The minimum atomic E-state index is -0.537. The number of carbonyl (C=O) groups excluding carboxylic acids is 1. The molecule has 0 radical (unpaired) electrons. The molecule has 3 heterocycles. The Kier molecular flexibility index (Phi) is 6.71. The molecule has 32 heavy (non-hydrogen) atoms. The lowest BCUT2D eigenvalue weighted by Crippen LogP contribution is -2.36. The van der Waals surface area contributed by atoms with Gasteiger partial charge in [-0.1, -0.05) is 0 Å². The third-order valence-corrected chi connectivity index (χ3v) is 5.34. The van der Waals surface area contributed by atoms with Gasteiger partial charge in [-0.25, -0.2) is 14.8 Å². The average Bonchev–Trinajstić information content (AvgIpc) is 3.42. The minimum absolute atomic E-state index is 0.214. The molecular formula is C22H33N7O3. The van der Waals surface area contributed by atoms with Crippen molar-refractivity contribution in [1.82, 2.24) is 24.2 Å². The maximum Gasteiger partial charge on any atom is 0.410 e. The van der Waals surface area contributed by atoms with Gasteiger partial charge in [-0.15, -0.1) is 0 Å². The molecule has 1 saturated heterocycles. The van der Waals surface area contributed by atoms with Crippen molar-refractivity contribution in [3.63, 3.8) is 0 Å². The third-order valence-electron chi connectivity index (χ3n) is 5.34. The number of likely N-dealkylation sites (tertiary alicyclic amines) is 1. The number of amides is 1. The van der Waals surface area contributed by atoms with E-state index >= 15 is 0 Å². The zero-order valence-corrected chi connectivity index (χ0v) is 20.0. The van der Waals surface area contributed by atoms with E-state index in [0.29, 0.717) is 42.7 Å². The summed E-state index contributed by atoms with van der Waals surface area (Å²) in [4.78, 5) is 27.3. The number of aliphatic imine (C=N–C) groups is 2. The van der Waals surface area contributed by atoms with Gasteiger partial charge < -0.3 is 18.9 Å². The first-order chi connectivity index (χ1) is 15.1. The first-order valence-corrected chi connectivity index (χ1v) is 10.8. The van der Waals surface area contributed by atoms with E-state index in [9.17, 15) is 4.79 Å². The van der Waals surface area contributed by atoms with Crippen LogP contribution in [0.1, 0.15) is 45.5 Å². The zero-order chi connectivity index (χ0) is 23.6. The van der Waals surface area contributed by atoms with Crippen molar-refractivity contribution in [1.29, 1.82) is 0 Å². The van der Waals surface area contributed by atoms with Crippen LogP contribution < -0.4 is 0 Å². The van der Waals surface area contributed by atoms with E-state index in [2.05, 4.69) is 21.8 Å². The standard InChI is InChI=1S/C22H33N7O3/c1-9-29-14(2)16(12-25-29)18-26-17(19(23-6)27(18)8)20(24-7)31-15-10-11-28(13-15)21(30)32-22(3,4)5/h12,15H,6,9-11,13H2,1-5,7-8H3/t15-/m0/s1. The van der Waals surface area contributed by atoms with Crippen molar-refractivity contribution in [2.45, 2.75) is 59.3 Å². The molecule has 2 aromatic heterocycles. The number of ether oxygens (including phenoxy) is 2. The quantitative estimate of drug-likeness (QED) is 0.521. The number of aromatic nitrogens is 4. The summed E-state index contributed by atoms with van der Waals surface area (Å²) in [5, 5.41) is 4.42. The van der Waals surface area contributed by atoms with Crippen molar-refractivity contribution in [2.75, 3.05) is 20.1 Å². The van der Waals surface area contributed by atoms with Crippen molar-refractivity contribution in [2.24, 2.45) is 17.0 Å². The second-order valence-corrected chi connectivity index (χ2v) is 8.77. The van der Waals surface area contributed by atoms with Crippen LogP contribution in [0.25, 0.3) is 11.4 Å². The first-order valence-electron chi connectivity index (χ1n) is 10.8. The summed E-state index contributed by atoms with van der Waals surface area (Å²) in [5.74, 6) is 1.64. The molecule has 0 N–H and O–H groups in total. The molecule has 0 saturated carbocycles. The van der Waals surface area contributed by atoms with Gasteiger partial charge in [0.2, 0.25) is 5.90 Å². The highest BCUT2D eigenvalue weighted by atomic mass is 16.6. The number of imidazole rings is 1. The Bertz CT molecular complexity index is 1030. The van der Waals surface area contributed by atoms with Crippen LogP contribution in [-0.4, -0.2) is 74.8 Å². The average molecular weight is 444 g/mol. The third kappa shape index (κ3) is 4.68. The van der Waals surface area contributed by atoms with Crippen LogP contribution in [0.15, 0.2) is 16.2 Å². The zero-order valence-electron chi connectivity index (χ0n) is 20.0. The molecule has 1 aliphatic rings. The monoisotopic (exact) mass is 443 g/mol. The number of hydrogen-bond acceptors (Lipinski definition) is 7. The van der Waals surface area contributed by atoms with E-state index in [1.54, 1.807) is 18.1 Å². The van der Waals surface area contributed by atoms with Crippen LogP contribution in [0.2, 0.25) is 0 Å². The highest BCUT2D eigenvalue weighted by Crippen LogP contribution is 2.30.